The normalized spacial score (nSPS) is 26.3. The molecule has 2 saturated heterocycles. The lowest BCUT2D eigenvalue weighted by Gasteiger charge is -2.37. The van der Waals surface area contributed by atoms with E-state index in [9.17, 15) is 9.90 Å². The van der Waals surface area contributed by atoms with Crippen LogP contribution in [0, 0.1) is 0 Å². The zero-order valence-corrected chi connectivity index (χ0v) is 13.7. The fourth-order valence-corrected chi connectivity index (χ4v) is 3.60. The number of β-amino-alcohol motifs (C(OH)–C–C–N with tert-alkyl or cyclic N) is 1. The fraction of sp³-hybridized carbons (Fsp3) is 0.562. The molecule has 2 aromatic rings. The standard InChI is InChI=1S/C16H22N6O2/c1-19-5-7-20(8-6-19)13-10-21(11-14(13)23)16(24)12-9-18-22-4-2-3-17-15(12)22/h2-4,9,13-14,23H,5-8,10-11H2,1H3/t13-,14-/m1/s1. The van der Waals surface area contributed by atoms with Crippen LogP contribution in [0.4, 0.5) is 0 Å². The van der Waals surface area contributed by atoms with E-state index in [4.69, 9.17) is 0 Å². The van der Waals surface area contributed by atoms with E-state index in [0.29, 0.717) is 24.3 Å². The smallest absolute Gasteiger partial charge is 0.259 e. The van der Waals surface area contributed by atoms with Crippen LogP contribution in [0.1, 0.15) is 10.4 Å². The van der Waals surface area contributed by atoms with Gasteiger partial charge in [0.05, 0.1) is 18.3 Å². The largest absolute Gasteiger partial charge is 0.390 e. The average Bonchev–Trinajstić information content (AvgIpc) is 3.19. The van der Waals surface area contributed by atoms with Crippen LogP contribution >= 0.6 is 0 Å². The van der Waals surface area contributed by atoms with Crippen molar-refractivity contribution in [1.82, 2.24) is 29.3 Å². The molecule has 0 radical (unpaired) electrons. The van der Waals surface area contributed by atoms with Gasteiger partial charge in [-0.25, -0.2) is 9.50 Å². The zero-order valence-electron chi connectivity index (χ0n) is 13.7. The van der Waals surface area contributed by atoms with E-state index in [1.165, 1.54) is 0 Å². The third-order valence-corrected chi connectivity index (χ3v) is 5.06. The number of carbonyl (C=O) groups excluding carboxylic acids is 1. The van der Waals surface area contributed by atoms with E-state index >= 15 is 0 Å². The summed E-state index contributed by atoms with van der Waals surface area (Å²) in [6, 6.07) is 1.79. The van der Waals surface area contributed by atoms with E-state index in [1.54, 1.807) is 34.1 Å². The molecule has 0 aromatic carbocycles. The zero-order chi connectivity index (χ0) is 16.7. The molecule has 24 heavy (non-hydrogen) atoms. The maximum atomic E-state index is 12.8. The predicted molar refractivity (Wildman–Crippen MR) is 87.8 cm³/mol. The van der Waals surface area contributed by atoms with E-state index in [1.807, 2.05) is 0 Å². The molecule has 2 aliphatic heterocycles. The Morgan fingerprint density at radius 2 is 2.04 bits per heavy atom. The molecule has 1 N–H and O–H groups in total. The maximum absolute atomic E-state index is 12.8. The molecule has 2 aromatic heterocycles. The third-order valence-electron chi connectivity index (χ3n) is 5.06. The molecule has 4 rings (SSSR count). The second kappa shape index (κ2) is 6.12. The summed E-state index contributed by atoms with van der Waals surface area (Å²) in [4.78, 5) is 23.4. The molecule has 0 unspecified atom stereocenters. The van der Waals surface area contributed by atoms with Crippen molar-refractivity contribution in [3.05, 3.63) is 30.2 Å². The number of nitrogens with zero attached hydrogens (tertiary/aromatic N) is 6. The van der Waals surface area contributed by atoms with Crippen LogP contribution in [0.5, 0.6) is 0 Å². The van der Waals surface area contributed by atoms with Crippen molar-refractivity contribution in [2.75, 3.05) is 46.3 Å². The SMILES string of the molecule is CN1CCN([C@@H]2CN(C(=O)c3cnn4cccnc34)C[C@H]2O)CC1. The van der Waals surface area contributed by atoms with Crippen molar-refractivity contribution in [1.29, 1.82) is 0 Å². The van der Waals surface area contributed by atoms with Crippen molar-refractivity contribution >= 4 is 11.6 Å². The number of fused-ring (bicyclic) bond motifs is 1. The molecule has 0 bridgehead atoms. The lowest BCUT2D eigenvalue weighted by atomic mass is 10.1. The monoisotopic (exact) mass is 330 g/mol. The van der Waals surface area contributed by atoms with Gasteiger partial charge < -0.3 is 14.9 Å². The van der Waals surface area contributed by atoms with Gasteiger partial charge in [-0.05, 0) is 13.1 Å². The van der Waals surface area contributed by atoms with Crippen molar-refractivity contribution in [3.8, 4) is 0 Å². The number of aliphatic hydroxyl groups excluding tert-OH is 1. The molecule has 0 aliphatic carbocycles. The Morgan fingerprint density at radius 1 is 1.25 bits per heavy atom. The number of hydrogen-bond acceptors (Lipinski definition) is 6. The minimum atomic E-state index is -0.507. The van der Waals surface area contributed by atoms with Crippen LogP contribution in [0.3, 0.4) is 0 Å². The summed E-state index contributed by atoms with van der Waals surface area (Å²) in [5, 5.41) is 14.6. The second-order valence-electron chi connectivity index (χ2n) is 6.63. The number of piperazine rings is 1. The molecule has 2 fully saturated rings. The van der Waals surface area contributed by atoms with Gasteiger partial charge in [-0.2, -0.15) is 5.10 Å². The number of likely N-dealkylation sites (tertiary alicyclic amines) is 1. The van der Waals surface area contributed by atoms with Crippen molar-refractivity contribution in [2.24, 2.45) is 0 Å². The molecule has 8 nitrogen and oxygen atoms in total. The quantitative estimate of drug-likeness (QED) is 0.774. The molecule has 4 heterocycles. The number of likely N-dealkylation sites (N-methyl/N-ethyl adjacent to an activating group) is 1. The number of aromatic nitrogens is 3. The van der Waals surface area contributed by atoms with Crippen molar-refractivity contribution in [2.45, 2.75) is 12.1 Å². The van der Waals surface area contributed by atoms with E-state index in [-0.39, 0.29) is 11.9 Å². The minimum Gasteiger partial charge on any atom is -0.390 e. The van der Waals surface area contributed by atoms with Gasteiger partial charge in [0.2, 0.25) is 0 Å². The molecule has 2 atom stereocenters. The third kappa shape index (κ3) is 2.66. The minimum absolute atomic E-state index is 0.0115. The topological polar surface area (TPSA) is 77.2 Å². The first-order valence-corrected chi connectivity index (χ1v) is 8.32. The molecule has 2 aliphatic rings. The van der Waals surface area contributed by atoms with E-state index in [0.717, 1.165) is 26.2 Å². The summed E-state index contributed by atoms with van der Waals surface area (Å²) in [5.41, 5.74) is 1.04. The Labute approximate surface area is 140 Å². The van der Waals surface area contributed by atoms with Crippen molar-refractivity contribution in [3.63, 3.8) is 0 Å². The summed E-state index contributed by atoms with van der Waals surface area (Å²) in [5.74, 6) is -0.112. The molecule has 0 saturated carbocycles. The van der Waals surface area contributed by atoms with Crippen LogP contribution in [0.25, 0.3) is 5.65 Å². The van der Waals surface area contributed by atoms with Crippen LogP contribution in [-0.4, -0.2) is 98.8 Å². The average molecular weight is 330 g/mol. The first kappa shape index (κ1) is 15.5. The van der Waals surface area contributed by atoms with Gasteiger partial charge in [0.15, 0.2) is 5.65 Å². The Balaban J connectivity index is 1.50. The molecule has 8 heteroatoms. The Bertz CT molecular complexity index is 739. The van der Waals surface area contributed by atoms with Gasteiger partial charge in [0.1, 0.15) is 5.56 Å². The first-order valence-electron chi connectivity index (χ1n) is 8.32. The predicted octanol–water partition coefficient (Wildman–Crippen LogP) is -0.838. The highest BCUT2D eigenvalue weighted by Crippen LogP contribution is 2.21. The summed E-state index contributed by atoms with van der Waals surface area (Å²) in [6.45, 7) is 4.76. The first-order chi connectivity index (χ1) is 11.6. The molecular formula is C16H22N6O2. The summed E-state index contributed by atoms with van der Waals surface area (Å²) in [6.07, 6.45) is 4.47. The maximum Gasteiger partial charge on any atom is 0.259 e. The number of rotatable bonds is 2. The summed E-state index contributed by atoms with van der Waals surface area (Å²) < 4.78 is 1.59. The highest BCUT2D eigenvalue weighted by Gasteiger charge is 2.39. The fourth-order valence-electron chi connectivity index (χ4n) is 3.60. The Hall–Kier alpha value is -2.03. The van der Waals surface area contributed by atoms with Gasteiger partial charge in [-0.1, -0.05) is 0 Å². The van der Waals surface area contributed by atoms with Crippen LogP contribution in [0.2, 0.25) is 0 Å². The summed E-state index contributed by atoms with van der Waals surface area (Å²) in [7, 11) is 2.11. The molecular weight excluding hydrogens is 308 g/mol. The van der Waals surface area contributed by atoms with E-state index < -0.39 is 6.10 Å². The molecule has 0 spiro atoms. The van der Waals surface area contributed by atoms with Gasteiger partial charge in [0, 0.05) is 51.7 Å². The number of aliphatic hydroxyl groups is 1. The highest BCUT2D eigenvalue weighted by molar-refractivity contribution is 5.99. The lowest BCUT2D eigenvalue weighted by molar-refractivity contribution is 0.0512. The Morgan fingerprint density at radius 3 is 2.83 bits per heavy atom. The van der Waals surface area contributed by atoms with Crippen LogP contribution in [0.15, 0.2) is 24.7 Å². The van der Waals surface area contributed by atoms with Crippen LogP contribution in [-0.2, 0) is 0 Å². The van der Waals surface area contributed by atoms with Gasteiger partial charge in [-0.15, -0.1) is 0 Å². The van der Waals surface area contributed by atoms with Gasteiger partial charge in [-0.3, -0.25) is 9.69 Å². The van der Waals surface area contributed by atoms with Gasteiger partial charge in [0.25, 0.3) is 5.91 Å². The number of carbonyl (C=O) groups is 1. The highest BCUT2D eigenvalue weighted by atomic mass is 16.3. The van der Waals surface area contributed by atoms with Gasteiger partial charge >= 0.3 is 0 Å². The second-order valence-corrected chi connectivity index (χ2v) is 6.63. The summed E-state index contributed by atoms with van der Waals surface area (Å²) >= 11 is 0. The lowest BCUT2D eigenvalue weighted by Crippen LogP contribution is -2.52. The molecule has 128 valence electrons. The van der Waals surface area contributed by atoms with E-state index in [2.05, 4.69) is 26.9 Å². The van der Waals surface area contributed by atoms with Crippen molar-refractivity contribution < 1.29 is 9.90 Å². The number of amides is 1. The number of hydrogen-bond donors (Lipinski definition) is 1. The van der Waals surface area contributed by atoms with Crippen LogP contribution < -0.4 is 0 Å². The molecule has 1 amide bonds. The Kier molecular flexibility index (Phi) is 3.95.